The molecule has 0 bridgehead atoms. The number of nitro benzene ring substituents is 1. The Bertz CT molecular complexity index is 1260. The number of nitrogens with one attached hydrogen (secondary N) is 1. The van der Waals surface area contributed by atoms with Crippen molar-refractivity contribution in [1.82, 2.24) is 19.9 Å². The molecule has 0 atom stereocenters. The summed E-state index contributed by atoms with van der Waals surface area (Å²) < 4.78 is 7.45. The first-order chi connectivity index (χ1) is 15.0. The number of nitro groups is 1. The largest absolute Gasteiger partial charge is 0.450 e. The lowest BCUT2D eigenvalue weighted by Gasteiger charge is -2.08. The van der Waals surface area contributed by atoms with Crippen molar-refractivity contribution in [2.24, 2.45) is 0 Å². The van der Waals surface area contributed by atoms with Gasteiger partial charge in [-0.25, -0.2) is 0 Å². The first kappa shape index (κ1) is 20.3. The zero-order chi connectivity index (χ0) is 21.8. The van der Waals surface area contributed by atoms with Crippen LogP contribution in [0.25, 0.3) is 5.65 Å². The molecule has 9 nitrogen and oxygen atoms in total. The molecule has 0 aliphatic carbocycles. The van der Waals surface area contributed by atoms with Crippen molar-refractivity contribution in [3.05, 3.63) is 93.4 Å². The fourth-order valence-corrected chi connectivity index (χ4v) is 3.14. The molecule has 0 saturated heterocycles. The molecule has 0 fully saturated rings. The summed E-state index contributed by atoms with van der Waals surface area (Å²) in [6.07, 6.45) is 2.40. The molecule has 31 heavy (non-hydrogen) atoms. The third kappa shape index (κ3) is 4.62. The topological polar surface area (TPSA) is 112 Å². The second-order valence-electron chi connectivity index (χ2n) is 6.55. The van der Waals surface area contributed by atoms with E-state index in [1.54, 1.807) is 24.3 Å². The maximum absolute atomic E-state index is 12.4. The van der Waals surface area contributed by atoms with Gasteiger partial charge in [-0.2, -0.15) is 0 Å². The number of aromatic nitrogens is 3. The maximum Gasteiger partial charge on any atom is 0.313 e. The Morgan fingerprint density at radius 2 is 1.94 bits per heavy atom. The molecule has 0 aliphatic rings. The Morgan fingerprint density at radius 1 is 1.13 bits per heavy atom. The lowest BCUT2D eigenvalue weighted by Crippen LogP contribution is -2.26. The van der Waals surface area contributed by atoms with Gasteiger partial charge in [0.15, 0.2) is 5.65 Å². The second kappa shape index (κ2) is 8.80. The van der Waals surface area contributed by atoms with Crippen molar-refractivity contribution >= 4 is 28.8 Å². The molecule has 0 unspecified atom stereocenters. The highest BCUT2D eigenvalue weighted by molar-refractivity contribution is 6.30. The van der Waals surface area contributed by atoms with Crippen molar-refractivity contribution in [2.45, 2.75) is 6.42 Å². The number of fused-ring (bicyclic) bond motifs is 1. The van der Waals surface area contributed by atoms with Crippen molar-refractivity contribution in [2.75, 3.05) is 6.54 Å². The number of halogens is 1. The molecule has 0 radical (unpaired) electrons. The lowest BCUT2D eigenvalue weighted by molar-refractivity contribution is -0.385. The number of ether oxygens (including phenoxy) is 1. The van der Waals surface area contributed by atoms with E-state index in [-0.39, 0.29) is 22.4 Å². The third-order valence-corrected chi connectivity index (χ3v) is 4.72. The van der Waals surface area contributed by atoms with E-state index in [0.717, 1.165) is 11.5 Å². The van der Waals surface area contributed by atoms with Crippen LogP contribution in [0.15, 0.2) is 66.9 Å². The highest BCUT2D eigenvalue weighted by Gasteiger charge is 2.16. The van der Waals surface area contributed by atoms with E-state index >= 15 is 0 Å². The molecule has 2 aromatic heterocycles. The molecule has 0 spiro atoms. The highest BCUT2D eigenvalue weighted by atomic mass is 35.5. The smallest absolute Gasteiger partial charge is 0.313 e. The molecule has 0 saturated carbocycles. The van der Waals surface area contributed by atoms with Gasteiger partial charge in [0.2, 0.25) is 5.75 Å². The molecular formula is C21H16ClN5O4. The van der Waals surface area contributed by atoms with Gasteiger partial charge in [0.05, 0.1) is 4.92 Å². The standard InChI is InChI=1S/C21H16ClN5O4/c22-15-6-9-18(17(13-15)27(29)30)31-16-7-4-14(5-8-16)21(28)23-11-10-20-25-24-19-3-1-2-12-26(19)20/h1-9,12-13H,10-11H2,(H,23,28). The number of pyridine rings is 1. The predicted molar refractivity (Wildman–Crippen MR) is 114 cm³/mol. The quantitative estimate of drug-likeness (QED) is 0.344. The Balaban J connectivity index is 1.37. The van der Waals surface area contributed by atoms with Crippen molar-refractivity contribution < 1.29 is 14.5 Å². The number of benzene rings is 2. The van der Waals surface area contributed by atoms with Crippen molar-refractivity contribution in [3.63, 3.8) is 0 Å². The van der Waals surface area contributed by atoms with Gasteiger partial charge in [0.25, 0.3) is 5.91 Å². The fraction of sp³-hybridized carbons (Fsp3) is 0.0952. The van der Waals surface area contributed by atoms with Crippen LogP contribution in [0.1, 0.15) is 16.2 Å². The average molecular weight is 438 g/mol. The van der Waals surface area contributed by atoms with Crippen molar-refractivity contribution in [1.29, 1.82) is 0 Å². The van der Waals surface area contributed by atoms with Crippen LogP contribution in [-0.2, 0) is 6.42 Å². The Hall–Kier alpha value is -3.98. The summed E-state index contributed by atoms with van der Waals surface area (Å²) in [5.41, 5.74) is 0.944. The zero-order valence-corrected chi connectivity index (χ0v) is 16.8. The van der Waals surface area contributed by atoms with Crippen LogP contribution in [0.5, 0.6) is 11.5 Å². The molecule has 4 aromatic rings. The van der Waals surface area contributed by atoms with Gasteiger partial charge in [-0.05, 0) is 48.5 Å². The molecule has 0 aliphatic heterocycles. The number of nitrogens with zero attached hydrogens (tertiary/aromatic N) is 4. The van der Waals surface area contributed by atoms with Crippen LogP contribution in [0.3, 0.4) is 0 Å². The Labute approximate surface area is 181 Å². The monoisotopic (exact) mass is 437 g/mol. The first-order valence-electron chi connectivity index (χ1n) is 9.30. The van der Waals surface area contributed by atoms with Gasteiger partial charge in [0, 0.05) is 35.8 Å². The fourth-order valence-electron chi connectivity index (χ4n) is 2.97. The molecule has 2 aromatic carbocycles. The van der Waals surface area contributed by atoms with E-state index in [9.17, 15) is 14.9 Å². The van der Waals surface area contributed by atoms with Crippen molar-refractivity contribution in [3.8, 4) is 11.5 Å². The molecular weight excluding hydrogens is 422 g/mol. The highest BCUT2D eigenvalue weighted by Crippen LogP contribution is 2.33. The molecule has 1 N–H and O–H groups in total. The van der Waals surface area contributed by atoms with E-state index in [4.69, 9.17) is 16.3 Å². The predicted octanol–water partition coefficient (Wildman–Crippen LogP) is 4.06. The minimum absolute atomic E-state index is 0.0622. The lowest BCUT2D eigenvalue weighted by atomic mass is 10.2. The minimum atomic E-state index is -0.568. The van der Waals surface area contributed by atoms with Gasteiger partial charge in [-0.3, -0.25) is 19.3 Å². The van der Waals surface area contributed by atoms with E-state index in [1.807, 2.05) is 28.8 Å². The van der Waals surface area contributed by atoms with Gasteiger partial charge < -0.3 is 10.1 Å². The summed E-state index contributed by atoms with van der Waals surface area (Å²) in [7, 11) is 0. The average Bonchev–Trinajstić information content (AvgIpc) is 3.18. The van der Waals surface area contributed by atoms with Gasteiger partial charge in [0.1, 0.15) is 11.6 Å². The summed E-state index contributed by atoms with van der Waals surface area (Å²) >= 11 is 5.81. The second-order valence-corrected chi connectivity index (χ2v) is 6.98. The van der Waals surface area contributed by atoms with Crippen LogP contribution < -0.4 is 10.1 Å². The number of hydrogen-bond acceptors (Lipinski definition) is 6. The normalized spacial score (nSPS) is 10.7. The van der Waals surface area contributed by atoms with E-state index < -0.39 is 4.92 Å². The van der Waals surface area contributed by atoms with Gasteiger partial charge in [-0.1, -0.05) is 17.7 Å². The Kier molecular flexibility index (Phi) is 5.76. The number of carbonyl (C=O) groups excluding carboxylic acids is 1. The molecule has 2 heterocycles. The van der Waals surface area contributed by atoms with E-state index in [1.165, 1.54) is 18.2 Å². The summed E-state index contributed by atoms with van der Waals surface area (Å²) in [4.78, 5) is 23.0. The third-order valence-electron chi connectivity index (χ3n) is 4.48. The van der Waals surface area contributed by atoms with E-state index in [0.29, 0.717) is 24.3 Å². The van der Waals surface area contributed by atoms with Crippen LogP contribution >= 0.6 is 11.6 Å². The summed E-state index contributed by atoms with van der Waals surface area (Å²) in [5, 5.41) is 22.5. The number of carbonyl (C=O) groups is 1. The summed E-state index contributed by atoms with van der Waals surface area (Å²) in [6, 6.07) is 16.1. The van der Waals surface area contributed by atoms with Crippen LogP contribution in [0.2, 0.25) is 5.02 Å². The van der Waals surface area contributed by atoms with Gasteiger partial charge >= 0.3 is 5.69 Å². The number of amides is 1. The zero-order valence-electron chi connectivity index (χ0n) is 16.1. The minimum Gasteiger partial charge on any atom is -0.450 e. The first-order valence-corrected chi connectivity index (χ1v) is 9.68. The van der Waals surface area contributed by atoms with Crippen LogP contribution in [-0.4, -0.2) is 32.0 Å². The Morgan fingerprint density at radius 3 is 2.71 bits per heavy atom. The van der Waals surface area contributed by atoms with E-state index in [2.05, 4.69) is 15.5 Å². The molecule has 1 amide bonds. The summed E-state index contributed by atoms with van der Waals surface area (Å²) in [6.45, 7) is 0.393. The SMILES string of the molecule is O=C(NCCc1nnc2ccccn12)c1ccc(Oc2ccc(Cl)cc2[N+](=O)[O-])cc1. The maximum atomic E-state index is 12.4. The van der Waals surface area contributed by atoms with Gasteiger partial charge in [-0.15, -0.1) is 10.2 Å². The molecule has 4 rings (SSSR count). The van der Waals surface area contributed by atoms with Crippen LogP contribution in [0, 0.1) is 10.1 Å². The van der Waals surface area contributed by atoms with Crippen LogP contribution in [0.4, 0.5) is 5.69 Å². The molecule has 156 valence electrons. The number of rotatable bonds is 7. The number of hydrogen-bond donors (Lipinski definition) is 1. The summed E-state index contributed by atoms with van der Waals surface area (Å²) in [5.74, 6) is 0.922. The molecule has 10 heteroatoms.